The van der Waals surface area contributed by atoms with Gasteiger partial charge in [-0.3, -0.25) is 4.79 Å². The van der Waals surface area contributed by atoms with Gasteiger partial charge in [-0.1, -0.05) is 27.7 Å². The van der Waals surface area contributed by atoms with Crippen LogP contribution in [0.3, 0.4) is 0 Å². The van der Waals surface area contributed by atoms with Crippen LogP contribution >= 0.6 is 0 Å². The highest BCUT2D eigenvalue weighted by atomic mass is 16.2. The third-order valence-electron chi connectivity index (χ3n) is 3.74. The zero-order valence-electron chi connectivity index (χ0n) is 13.2. The van der Waals surface area contributed by atoms with E-state index in [2.05, 4.69) is 33.0 Å². The molecular formula is C16H32N2O. The topological polar surface area (TPSA) is 32.3 Å². The molecule has 1 saturated heterocycles. The van der Waals surface area contributed by atoms with Gasteiger partial charge in [-0.2, -0.15) is 0 Å². The van der Waals surface area contributed by atoms with Crippen LogP contribution in [0.5, 0.6) is 0 Å². The van der Waals surface area contributed by atoms with Crippen LogP contribution < -0.4 is 5.32 Å². The normalized spacial score (nSPS) is 16.1. The van der Waals surface area contributed by atoms with E-state index in [9.17, 15) is 4.79 Å². The Balaban J connectivity index is 2.24. The van der Waals surface area contributed by atoms with E-state index >= 15 is 0 Å². The highest BCUT2D eigenvalue weighted by molar-refractivity contribution is 5.76. The summed E-state index contributed by atoms with van der Waals surface area (Å²) in [6, 6.07) is 0.561. The van der Waals surface area contributed by atoms with E-state index in [4.69, 9.17) is 0 Å². The highest BCUT2D eigenvalue weighted by Crippen LogP contribution is 2.13. The first-order valence-corrected chi connectivity index (χ1v) is 8.00. The molecule has 0 aromatic heterocycles. The average Bonchev–Trinajstić information content (AvgIpc) is 2.80. The second-order valence-electron chi connectivity index (χ2n) is 6.75. The summed E-state index contributed by atoms with van der Waals surface area (Å²) in [5, 5.41) is 3.59. The van der Waals surface area contributed by atoms with Gasteiger partial charge in [-0.25, -0.2) is 0 Å². The van der Waals surface area contributed by atoms with Gasteiger partial charge in [0.05, 0.1) is 0 Å². The fourth-order valence-electron chi connectivity index (χ4n) is 2.91. The van der Waals surface area contributed by atoms with Gasteiger partial charge < -0.3 is 10.2 Å². The Morgan fingerprint density at radius 2 is 1.58 bits per heavy atom. The molecule has 19 heavy (non-hydrogen) atoms. The van der Waals surface area contributed by atoms with E-state index in [1.54, 1.807) is 0 Å². The molecule has 0 aromatic carbocycles. The van der Waals surface area contributed by atoms with Crippen LogP contribution in [0.15, 0.2) is 0 Å². The number of nitrogens with one attached hydrogen (secondary N) is 1. The summed E-state index contributed by atoms with van der Waals surface area (Å²) in [6.45, 7) is 11.9. The number of hydrogen-bond acceptors (Lipinski definition) is 2. The van der Waals surface area contributed by atoms with Gasteiger partial charge in [0.1, 0.15) is 0 Å². The smallest absolute Gasteiger partial charge is 0.223 e. The van der Waals surface area contributed by atoms with Crippen molar-refractivity contribution in [1.29, 1.82) is 0 Å². The molecule has 112 valence electrons. The van der Waals surface area contributed by atoms with Crippen molar-refractivity contribution in [2.75, 3.05) is 19.6 Å². The van der Waals surface area contributed by atoms with Gasteiger partial charge in [0, 0.05) is 32.1 Å². The zero-order chi connectivity index (χ0) is 14.3. The Hall–Kier alpha value is -0.570. The molecule has 0 spiro atoms. The first kappa shape index (κ1) is 16.5. The summed E-state index contributed by atoms with van der Waals surface area (Å²) in [5.74, 6) is 1.76. The number of rotatable bonds is 8. The molecule has 3 heteroatoms. The SMILES string of the molecule is CC(C)CC(CC(C)C)NCCC(=O)N1CCCC1. The molecule has 0 radical (unpaired) electrons. The summed E-state index contributed by atoms with van der Waals surface area (Å²) in [7, 11) is 0. The maximum Gasteiger partial charge on any atom is 0.223 e. The minimum Gasteiger partial charge on any atom is -0.343 e. The Bertz CT molecular complexity index is 247. The zero-order valence-corrected chi connectivity index (χ0v) is 13.2. The van der Waals surface area contributed by atoms with Gasteiger partial charge >= 0.3 is 0 Å². The van der Waals surface area contributed by atoms with Crippen LogP contribution in [0.1, 0.15) is 59.8 Å². The van der Waals surface area contributed by atoms with Crippen molar-refractivity contribution in [2.45, 2.75) is 65.8 Å². The van der Waals surface area contributed by atoms with Crippen molar-refractivity contribution in [3.63, 3.8) is 0 Å². The molecule has 0 bridgehead atoms. The van der Waals surface area contributed by atoms with Crippen molar-refractivity contribution < 1.29 is 4.79 Å². The predicted molar refractivity (Wildman–Crippen MR) is 81.1 cm³/mol. The number of carbonyl (C=O) groups excluding carboxylic acids is 1. The lowest BCUT2D eigenvalue weighted by atomic mass is 9.95. The predicted octanol–water partition coefficient (Wildman–Crippen LogP) is 3.05. The van der Waals surface area contributed by atoms with Crippen molar-refractivity contribution in [3.8, 4) is 0 Å². The molecule has 0 atom stereocenters. The average molecular weight is 268 g/mol. The number of nitrogens with zero attached hydrogens (tertiary/aromatic N) is 1. The number of hydrogen-bond donors (Lipinski definition) is 1. The lowest BCUT2D eigenvalue weighted by Crippen LogP contribution is -2.36. The summed E-state index contributed by atoms with van der Waals surface area (Å²) in [4.78, 5) is 14.0. The lowest BCUT2D eigenvalue weighted by Gasteiger charge is -2.23. The van der Waals surface area contributed by atoms with Gasteiger partial charge in [0.2, 0.25) is 5.91 Å². The minimum atomic E-state index is 0.331. The van der Waals surface area contributed by atoms with Gasteiger partial charge in [0.25, 0.3) is 0 Å². The van der Waals surface area contributed by atoms with Crippen LogP contribution in [0.25, 0.3) is 0 Å². The quantitative estimate of drug-likeness (QED) is 0.734. The molecule has 0 aliphatic carbocycles. The molecule has 1 amide bonds. The standard InChI is InChI=1S/C16H32N2O/c1-13(2)11-15(12-14(3)4)17-8-7-16(19)18-9-5-6-10-18/h13-15,17H,5-12H2,1-4H3. The Kier molecular flexibility index (Phi) is 7.44. The number of likely N-dealkylation sites (tertiary alicyclic amines) is 1. The third-order valence-corrected chi connectivity index (χ3v) is 3.74. The van der Waals surface area contributed by atoms with Crippen LogP contribution in [-0.2, 0) is 4.79 Å². The van der Waals surface area contributed by atoms with E-state index in [0.29, 0.717) is 30.2 Å². The van der Waals surface area contributed by atoms with E-state index < -0.39 is 0 Å². The molecule has 3 nitrogen and oxygen atoms in total. The molecule has 1 aliphatic heterocycles. The van der Waals surface area contributed by atoms with E-state index in [1.165, 1.54) is 25.7 Å². The number of carbonyl (C=O) groups is 1. The molecule has 1 aliphatic rings. The van der Waals surface area contributed by atoms with Gasteiger partial charge in [-0.05, 0) is 37.5 Å². The van der Waals surface area contributed by atoms with Crippen LogP contribution in [0, 0.1) is 11.8 Å². The van der Waals surface area contributed by atoms with E-state index in [-0.39, 0.29) is 0 Å². The highest BCUT2D eigenvalue weighted by Gasteiger charge is 2.18. The fraction of sp³-hybridized carbons (Fsp3) is 0.938. The van der Waals surface area contributed by atoms with Crippen molar-refractivity contribution >= 4 is 5.91 Å². The van der Waals surface area contributed by atoms with Gasteiger partial charge in [0.15, 0.2) is 0 Å². The monoisotopic (exact) mass is 268 g/mol. The van der Waals surface area contributed by atoms with E-state index in [1.807, 2.05) is 4.90 Å². The maximum absolute atomic E-state index is 12.0. The molecule has 0 unspecified atom stereocenters. The summed E-state index contributed by atoms with van der Waals surface area (Å²) >= 11 is 0. The Morgan fingerprint density at radius 3 is 2.05 bits per heavy atom. The minimum absolute atomic E-state index is 0.331. The maximum atomic E-state index is 12.0. The van der Waals surface area contributed by atoms with E-state index in [0.717, 1.165) is 19.6 Å². The molecule has 1 heterocycles. The largest absolute Gasteiger partial charge is 0.343 e. The van der Waals surface area contributed by atoms with Crippen molar-refractivity contribution in [3.05, 3.63) is 0 Å². The lowest BCUT2D eigenvalue weighted by molar-refractivity contribution is -0.130. The summed E-state index contributed by atoms with van der Waals surface area (Å²) in [6.07, 6.45) is 5.43. The molecular weight excluding hydrogens is 236 g/mol. The van der Waals surface area contributed by atoms with Gasteiger partial charge in [-0.15, -0.1) is 0 Å². The third kappa shape index (κ3) is 6.95. The van der Waals surface area contributed by atoms with Crippen molar-refractivity contribution in [1.82, 2.24) is 10.2 Å². The van der Waals surface area contributed by atoms with Crippen LogP contribution in [0.2, 0.25) is 0 Å². The second kappa shape index (κ2) is 8.57. The summed E-state index contributed by atoms with van der Waals surface area (Å²) in [5.41, 5.74) is 0. The molecule has 1 rings (SSSR count). The van der Waals surface area contributed by atoms with Crippen molar-refractivity contribution in [2.24, 2.45) is 11.8 Å². The first-order valence-electron chi connectivity index (χ1n) is 8.00. The second-order valence-corrected chi connectivity index (χ2v) is 6.75. The molecule has 1 fully saturated rings. The molecule has 0 aromatic rings. The number of amides is 1. The Morgan fingerprint density at radius 1 is 1.05 bits per heavy atom. The molecule has 1 N–H and O–H groups in total. The first-order chi connectivity index (χ1) is 8.99. The summed E-state index contributed by atoms with van der Waals surface area (Å²) < 4.78 is 0. The fourth-order valence-corrected chi connectivity index (χ4v) is 2.91. The van der Waals surface area contributed by atoms with Crippen LogP contribution in [0.4, 0.5) is 0 Å². The van der Waals surface area contributed by atoms with Crippen LogP contribution in [-0.4, -0.2) is 36.5 Å². The molecule has 0 saturated carbocycles. The Labute approximate surface area is 119 Å².